The predicted octanol–water partition coefficient (Wildman–Crippen LogP) is 1.24. The smallest absolute Gasteiger partial charge is 0.352 e. The molecule has 1 saturated heterocycles. The Morgan fingerprint density at radius 1 is 1.36 bits per heavy atom. The Kier molecular flexibility index (Phi) is 5.52. The Hall–Kier alpha value is -1.75. The summed E-state index contributed by atoms with van der Waals surface area (Å²) in [5, 5.41) is 11.6. The van der Waals surface area contributed by atoms with Gasteiger partial charge in [-0.3, -0.25) is 14.5 Å². The van der Waals surface area contributed by atoms with E-state index in [-0.39, 0.29) is 17.7 Å². The molecule has 2 aliphatic heterocycles. The van der Waals surface area contributed by atoms with Crippen molar-refractivity contribution in [3.8, 4) is 5.75 Å². The molecule has 0 aromatic heterocycles. The van der Waals surface area contributed by atoms with E-state index in [1.165, 1.54) is 16.7 Å². The number of carboxylic acids is 1. The molecule has 1 aromatic rings. The van der Waals surface area contributed by atoms with Crippen LogP contribution in [0, 0.1) is 0 Å². The Morgan fingerprint density at radius 3 is 2.72 bits per heavy atom. The maximum atomic E-state index is 12.3. The standard InChI is InChI=1S/C16H15IN2O5S/c17-6-9-8-25-15-12(14(21)19(15)13(9)16(22)23)18-11(20)7-24-10-4-2-1-3-5-10/h1-5,12,15H,6-8H2,(H,18,20)(H,22,23)/t12?,15-/m0/s1. The van der Waals surface area contributed by atoms with Gasteiger partial charge in [0.15, 0.2) is 6.61 Å². The highest BCUT2D eigenvalue weighted by Crippen LogP contribution is 2.40. The first-order valence-electron chi connectivity index (χ1n) is 7.46. The number of nitrogens with one attached hydrogen (secondary N) is 1. The van der Waals surface area contributed by atoms with E-state index in [1.807, 2.05) is 6.07 Å². The van der Waals surface area contributed by atoms with Crippen LogP contribution < -0.4 is 10.1 Å². The number of thioether (sulfide) groups is 1. The molecule has 2 N–H and O–H groups in total. The molecule has 0 bridgehead atoms. The number of nitrogens with zero attached hydrogens (tertiary/aromatic N) is 1. The van der Waals surface area contributed by atoms with E-state index in [1.54, 1.807) is 24.3 Å². The number of ether oxygens (including phenoxy) is 1. The summed E-state index contributed by atoms with van der Waals surface area (Å²) in [6, 6.07) is 8.17. The van der Waals surface area contributed by atoms with Gasteiger partial charge in [-0.2, -0.15) is 0 Å². The summed E-state index contributed by atoms with van der Waals surface area (Å²) in [6.45, 7) is -0.203. The van der Waals surface area contributed by atoms with Crippen LogP contribution in [-0.2, 0) is 14.4 Å². The summed E-state index contributed by atoms with van der Waals surface area (Å²) >= 11 is 3.55. The number of halogens is 1. The number of carboxylic acid groups (broad SMARTS) is 1. The second-order valence-corrected chi connectivity index (χ2v) is 7.32. The maximum Gasteiger partial charge on any atom is 0.352 e. The summed E-state index contributed by atoms with van der Waals surface area (Å²) < 4.78 is 5.90. The molecule has 3 rings (SSSR count). The lowest BCUT2D eigenvalue weighted by molar-refractivity contribution is -0.150. The molecule has 0 aliphatic carbocycles. The summed E-state index contributed by atoms with van der Waals surface area (Å²) in [7, 11) is 0. The Morgan fingerprint density at radius 2 is 2.08 bits per heavy atom. The van der Waals surface area contributed by atoms with Crippen molar-refractivity contribution in [2.45, 2.75) is 11.4 Å². The van der Waals surface area contributed by atoms with Gasteiger partial charge in [-0.25, -0.2) is 4.79 Å². The van der Waals surface area contributed by atoms with Crippen LogP contribution in [0.2, 0.25) is 0 Å². The molecule has 2 aliphatic rings. The van der Waals surface area contributed by atoms with E-state index in [0.717, 1.165) is 5.57 Å². The molecular weight excluding hydrogens is 459 g/mol. The number of para-hydroxylation sites is 1. The minimum atomic E-state index is -1.11. The van der Waals surface area contributed by atoms with Crippen molar-refractivity contribution in [1.29, 1.82) is 0 Å². The van der Waals surface area contributed by atoms with Crippen LogP contribution in [0.5, 0.6) is 5.75 Å². The maximum absolute atomic E-state index is 12.3. The molecular formula is C16H15IN2O5S. The van der Waals surface area contributed by atoms with E-state index in [4.69, 9.17) is 4.74 Å². The van der Waals surface area contributed by atoms with E-state index < -0.39 is 23.8 Å². The third kappa shape index (κ3) is 3.61. The van der Waals surface area contributed by atoms with Gasteiger partial charge in [-0.15, -0.1) is 11.8 Å². The van der Waals surface area contributed by atoms with Crippen LogP contribution in [0.1, 0.15) is 0 Å². The number of carbonyl (C=O) groups excluding carboxylic acids is 2. The quantitative estimate of drug-likeness (QED) is 0.366. The van der Waals surface area contributed by atoms with Crippen molar-refractivity contribution in [2.24, 2.45) is 0 Å². The summed E-state index contributed by atoms with van der Waals surface area (Å²) in [4.78, 5) is 37.1. The summed E-state index contributed by atoms with van der Waals surface area (Å²) in [5.74, 6) is -0.823. The molecule has 0 saturated carbocycles. The normalized spacial score (nSPS) is 22.1. The number of β-lactam (4-membered cyclic amide) rings is 1. The zero-order valence-corrected chi connectivity index (χ0v) is 16.0. The largest absolute Gasteiger partial charge is 0.484 e. The van der Waals surface area contributed by atoms with Crippen LogP contribution >= 0.6 is 34.4 Å². The van der Waals surface area contributed by atoms with Gasteiger partial charge in [0.05, 0.1) is 0 Å². The van der Waals surface area contributed by atoms with Gasteiger partial charge < -0.3 is 15.2 Å². The van der Waals surface area contributed by atoms with Gasteiger partial charge in [0.25, 0.3) is 11.8 Å². The van der Waals surface area contributed by atoms with Crippen molar-refractivity contribution in [3.63, 3.8) is 0 Å². The monoisotopic (exact) mass is 474 g/mol. The first kappa shape index (κ1) is 18.1. The first-order chi connectivity index (χ1) is 12.0. The van der Waals surface area contributed by atoms with Crippen molar-refractivity contribution in [3.05, 3.63) is 41.6 Å². The second-order valence-electron chi connectivity index (χ2n) is 5.45. The highest BCUT2D eigenvalue weighted by Gasteiger charge is 2.54. The van der Waals surface area contributed by atoms with E-state index in [0.29, 0.717) is 15.9 Å². The Labute approximate surface area is 161 Å². The zero-order chi connectivity index (χ0) is 18.0. The van der Waals surface area contributed by atoms with Crippen molar-refractivity contribution in [1.82, 2.24) is 10.2 Å². The number of hydrogen-bond donors (Lipinski definition) is 2. The summed E-state index contributed by atoms with van der Waals surface area (Å²) in [6.07, 6.45) is 0. The van der Waals surface area contributed by atoms with Crippen LogP contribution in [0.3, 0.4) is 0 Å². The SMILES string of the molecule is O=C(COc1ccccc1)NC1C(=O)N2C(C(=O)O)=C(CI)CS[C@@H]12. The highest BCUT2D eigenvalue weighted by atomic mass is 127. The topological polar surface area (TPSA) is 95.9 Å². The molecule has 2 heterocycles. The third-order valence-electron chi connectivity index (χ3n) is 3.84. The lowest BCUT2D eigenvalue weighted by atomic mass is 10.0. The van der Waals surface area contributed by atoms with Crippen molar-refractivity contribution < 1.29 is 24.2 Å². The summed E-state index contributed by atoms with van der Waals surface area (Å²) in [5.41, 5.74) is 0.772. The van der Waals surface area contributed by atoms with E-state index in [9.17, 15) is 19.5 Å². The molecule has 25 heavy (non-hydrogen) atoms. The number of carbonyl (C=O) groups is 3. The van der Waals surface area contributed by atoms with Crippen LogP contribution in [0.4, 0.5) is 0 Å². The number of alkyl halides is 1. The molecule has 0 spiro atoms. The van der Waals surface area contributed by atoms with Gasteiger partial charge in [0.2, 0.25) is 0 Å². The molecule has 2 atom stereocenters. The Bertz CT molecular complexity index is 739. The minimum Gasteiger partial charge on any atom is -0.484 e. The molecule has 132 valence electrons. The molecule has 7 nitrogen and oxygen atoms in total. The van der Waals surface area contributed by atoms with Gasteiger partial charge in [0, 0.05) is 10.2 Å². The molecule has 2 amide bonds. The minimum absolute atomic E-state index is 0.0502. The molecule has 1 unspecified atom stereocenters. The van der Waals surface area contributed by atoms with Crippen LogP contribution in [0.15, 0.2) is 41.6 Å². The Balaban J connectivity index is 1.61. The number of amides is 2. The number of rotatable bonds is 6. The van der Waals surface area contributed by atoms with Crippen molar-refractivity contribution in [2.75, 3.05) is 16.8 Å². The van der Waals surface area contributed by atoms with Gasteiger partial charge in [-0.1, -0.05) is 40.8 Å². The van der Waals surface area contributed by atoms with Crippen molar-refractivity contribution >= 4 is 52.1 Å². The number of aliphatic carboxylic acids is 1. The number of hydrogen-bond acceptors (Lipinski definition) is 5. The van der Waals surface area contributed by atoms with Crippen LogP contribution in [0.25, 0.3) is 0 Å². The predicted molar refractivity (Wildman–Crippen MR) is 101 cm³/mol. The average Bonchev–Trinajstić information content (AvgIpc) is 2.63. The highest BCUT2D eigenvalue weighted by molar-refractivity contribution is 14.1. The lowest BCUT2D eigenvalue weighted by Crippen LogP contribution is -2.70. The molecule has 1 fully saturated rings. The average molecular weight is 474 g/mol. The number of fused-ring (bicyclic) bond motifs is 1. The fourth-order valence-corrected chi connectivity index (χ4v) is 5.01. The van der Waals surface area contributed by atoms with E-state index >= 15 is 0 Å². The van der Waals surface area contributed by atoms with Gasteiger partial charge in [0.1, 0.15) is 22.9 Å². The van der Waals surface area contributed by atoms with E-state index in [2.05, 4.69) is 27.9 Å². The first-order valence-corrected chi connectivity index (χ1v) is 10.0. The fourth-order valence-electron chi connectivity index (χ4n) is 2.67. The molecule has 9 heteroatoms. The van der Waals surface area contributed by atoms with Gasteiger partial charge >= 0.3 is 5.97 Å². The number of benzene rings is 1. The zero-order valence-electron chi connectivity index (χ0n) is 13.0. The molecule has 1 aromatic carbocycles. The second kappa shape index (κ2) is 7.65. The lowest BCUT2D eigenvalue weighted by Gasteiger charge is -2.49. The fraction of sp³-hybridized carbons (Fsp3) is 0.312. The van der Waals surface area contributed by atoms with Crippen LogP contribution in [-0.4, -0.2) is 56.0 Å². The molecule has 0 radical (unpaired) electrons. The third-order valence-corrected chi connectivity index (χ3v) is 6.10. The van der Waals surface area contributed by atoms with Gasteiger partial charge in [-0.05, 0) is 17.7 Å².